The third kappa shape index (κ3) is 3.80. The van der Waals surface area contributed by atoms with Gasteiger partial charge in [-0.15, -0.1) is 0 Å². The second kappa shape index (κ2) is 5.06. The van der Waals surface area contributed by atoms with Crippen molar-refractivity contribution in [2.75, 3.05) is 11.5 Å². The summed E-state index contributed by atoms with van der Waals surface area (Å²) in [5.41, 5.74) is 0.665. The fraction of sp³-hybridized carbons (Fsp3) is 0.300. The number of nitriles is 1. The highest BCUT2D eigenvalue weighted by atomic mass is 32.2. The maximum absolute atomic E-state index is 11.9. The van der Waals surface area contributed by atoms with Gasteiger partial charge in [0, 0.05) is 0 Å². The van der Waals surface area contributed by atoms with E-state index in [1.807, 2.05) is 0 Å². The third-order valence-electron chi connectivity index (χ3n) is 2.23. The molecule has 8 heteroatoms. The molecule has 0 aromatic heterocycles. The van der Waals surface area contributed by atoms with Gasteiger partial charge in [0.2, 0.25) is 10.0 Å². The van der Waals surface area contributed by atoms with Crippen molar-refractivity contribution in [1.29, 1.82) is 5.26 Å². The first-order valence-electron chi connectivity index (χ1n) is 4.90. The molecule has 1 rings (SSSR count). The molecule has 0 unspecified atom stereocenters. The molecule has 0 spiro atoms. The Kier molecular flexibility index (Phi) is 4.11. The van der Waals surface area contributed by atoms with Crippen molar-refractivity contribution >= 4 is 19.9 Å². The fourth-order valence-electron chi connectivity index (χ4n) is 1.32. The molecule has 98 valence electrons. The van der Waals surface area contributed by atoms with E-state index in [0.717, 1.165) is 0 Å². The first kappa shape index (κ1) is 14.6. The van der Waals surface area contributed by atoms with Crippen LogP contribution >= 0.6 is 0 Å². The van der Waals surface area contributed by atoms with Crippen LogP contribution < -0.4 is 5.14 Å². The molecule has 6 nitrogen and oxygen atoms in total. The summed E-state index contributed by atoms with van der Waals surface area (Å²) in [6.45, 7) is 1.68. The highest BCUT2D eigenvalue weighted by molar-refractivity contribution is 7.94. The Morgan fingerprint density at radius 2 is 1.83 bits per heavy atom. The van der Waals surface area contributed by atoms with Crippen LogP contribution in [0.1, 0.15) is 11.1 Å². The van der Waals surface area contributed by atoms with Gasteiger partial charge in [-0.3, -0.25) is 0 Å². The van der Waals surface area contributed by atoms with Gasteiger partial charge in [-0.1, -0.05) is 6.07 Å². The van der Waals surface area contributed by atoms with E-state index in [1.54, 1.807) is 19.1 Å². The Balaban J connectivity index is 3.21. The zero-order chi connectivity index (χ0) is 14.0. The molecule has 0 aliphatic carbocycles. The zero-order valence-corrected chi connectivity index (χ0v) is 11.3. The van der Waals surface area contributed by atoms with Crippen LogP contribution in [0.3, 0.4) is 0 Å². The monoisotopic (exact) mass is 288 g/mol. The summed E-state index contributed by atoms with van der Waals surface area (Å²) in [5.74, 6) is -1.31. The van der Waals surface area contributed by atoms with E-state index in [-0.39, 0.29) is 10.5 Å². The second-order valence-electron chi connectivity index (χ2n) is 3.80. The predicted molar refractivity (Wildman–Crippen MR) is 65.9 cm³/mol. The number of aryl methyl sites for hydroxylation is 1. The lowest BCUT2D eigenvalue weighted by molar-refractivity contribution is 0.588. The Labute approximate surface area is 106 Å². The molecular weight excluding hydrogens is 276 g/mol. The summed E-state index contributed by atoms with van der Waals surface area (Å²) in [4.78, 5) is -0.159. The van der Waals surface area contributed by atoms with Gasteiger partial charge >= 0.3 is 0 Å². The van der Waals surface area contributed by atoms with Crippen LogP contribution in [-0.4, -0.2) is 28.3 Å². The number of hydrogen-bond acceptors (Lipinski definition) is 5. The average Bonchev–Trinajstić information content (AvgIpc) is 2.26. The molecule has 2 N–H and O–H groups in total. The Bertz CT molecular complexity index is 700. The summed E-state index contributed by atoms with van der Waals surface area (Å²) < 4.78 is 45.4. The van der Waals surface area contributed by atoms with Crippen LogP contribution in [-0.2, 0) is 19.9 Å². The van der Waals surface area contributed by atoms with Crippen LogP contribution in [0.2, 0.25) is 0 Å². The molecule has 0 aliphatic rings. The summed E-state index contributed by atoms with van der Waals surface area (Å²) in [5, 5.41) is 13.6. The van der Waals surface area contributed by atoms with Gasteiger partial charge in [0.1, 0.15) is 6.07 Å². The molecule has 0 heterocycles. The van der Waals surface area contributed by atoms with Gasteiger partial charge in [-0.25, -0.2) is 22.0 Å². The maximum Gasteiger partial charge on any atom is 0.210 e. The first-order valence-corrected chi connectivity index (χ1v) is 8.26. The predicted octanol–water partition coefficient (Wildman–Crippen LogP) is -0.0711. The van der Waals surface area contributed by atoms with Crippen LogP contribution in [0.4, 0.5) is 0 Å². The molecule has 0 aliphatic heterocycles. The summed E-state index contributed by atoms with van der Waals surface area (Å²) >= 11 is 0. The number of nitrogens with zero attached hydrogens (tertiary/aromatic N) is 1. The largest absolute Gasteiger partial charge is 0.229 e. The topological polar surface area (TPSA) is 118 Å². The number of primary sulfonamides is 1. The normalized spacial score (nSPS) is 12.1. The van der Waals surface area contributed by atoms with Crippen LogP contribution in [0.25, 0.3) is 0 Å². The number of hydrogen-bond donors (Lipinski definition) is 1. The molecule has 0 fully saturated rings. The standard InChI is InChI=1S/C10H12N2O4S2/c1-8-2-3-9(7-11)10(6-8)17(13,14)4-5-18(12,15)16/h2-3,6H,4-5H2,1H3,(H2,12,15,16). The van der Waals surface area contributed by atoms with Gasteiger partial charge in [0.05, 0.1) is 22.0 Å². The number of rotatable bonds is 4. The summed E-state index contributed by atoms with van der Waals surface area (Å²) in [6, 6.07) is 6.11. The molecule has 1 aromatic carbocycles. The Morgan fingerprint density at radius 1 is 1.22 bits per heavy atom. The van der Waals surface area contributed by atoms with Gasteiger partial charge < -0.3 is 0 Å². The van der Waals surface area contributed by atoms with E-state index in [1.165, 1.54) is 12.1 Å². The molecule has 0 atom stereocenters. The maximum atomic E-state index is 11.9. The van der Waals surface area contributed by atoms with Crippen molar-refractivity contribution in [3.05, 3.63) is 29.3 Å². The van der Waals surface area contributed by atoms with Crippen molar-refractivity contribution in [3.8, 4) is 6.07 Å². The van der Waals surface area contributed by atoms with E-state index >= 15 is 0 Å². The van der Waals surface area contributed by atoms with Crippen molar-refractivity contribution in [3.63, 3.8) is 0 Å². The minimum absolute atomic E-state index is 0.00461. The van der Waals surface area contributed by atoms with Crippen molar-refractivity contribution in [2.24, 2.45) is 5.14 Å². The lowest BCUT2D eigenvalue weighted by atomic mass is 10.2. The third-order valence-corrected chi connectivity index (χ3v) is 5.01. The molecular formula is C10H12N2O4S2. The van der Waals surface area contributed by atoms with Crippen molar-refractivity contribution < 1.29 is 16.8 Å². The molecule has 1 aromatic rings. The molecule has 0 bridgehead atoms. The van der Waals surface area contributed by atoms with Crippen LogP contribution in [0.5, 0.6) is 0 Å². The Hall–Kier alpha value is -1.43. The summed E-state index contributed by atoms with van der Waals surface area (Å²) in [7, 11) is -7.70. The second-order valence-corrected chi connectivity index (χ2v) is 7.61. The lowest BCUT2D eigenvalue weighted by Crippen LogP contribution is -2.23. The highest BCUT2D eigenvalue weighted by Crippen LogP contribution is 2.18. The minimum Gasteiger partial charge on any atom is -0.229 e. The van der Waals surface area contributed by atoms with E-state index in [0.29, 0.717) is 5.56 Å². The van der Waals surface area contributed by atoms with E-state index in [2.05, 4.69) is 0 Å². The quantitative estimate of drug-likeness (QED) is 0.831. The van der Waals surface area contributed by atoms with Crippen molar-refractivity contribution in [2.45, 2.75) is 11.8 Å². The molecule has 0 radical (unpaired) electrons. The van der Waals surface area contributed by atoms with Gasteiger partial charge in [0.15, 0.2) is 9.84 Å². The summed E-state index contributed by atoms with van der Waals surface area (Å²) in [6.07, 6.45) is 0. The van der Waals surface area contributed by atoms with E-state index in [4.69, 9.17) is 10.4 Å². The van der Waals surface area contributed by atoms with Crippen LogP contribution in [0, 0.1) is 18.3 Å². The average molecular weight is 288 g/mol. The number of sulfone groups is 1. The van der Waals surface area contributed by atoms with Gasteiger partial charge in [-0.05, 0) is 24.6 Å². The van der Waals surface area contributed by atoms with Crippen LogP contribution in [0.15, 0.2) is 23.1 Å². The zero-order valence-electron chi connectivity index (χ0n) is 9.62. The molecule has 18 heavy (non-hydrogen) atoms. The highest BCUT2D eigenvalue weighted by Gasteiger charge is 2.21. The minimum atomic E-state index is -3.86. The lowest BCUT2D eigenvalue weighted by Gasteiger charge is -2.06. The van der Waals surface area contributed by atoms with Gasteiger partial charge in [0.25, 0.3) is 0 Å². The Morgan fingerprint density at radius 3 is 2.33 bits per heavy atom. The SMILES string of the molecule is Cc1ccc(C#N)c(S(=O)(=O)CCS(N)(=O)=O)c1. The number of benzene rings is 1. The smallest absolute Gasteiger partial charge is 0.210 e. The number of sulfonamides is 1. The van der Waals surface area contributed by atoms with Gasteiger partial charge in [-0.2, -0.15) is 5.26 Å². The molecule has 0 saturated heterocycles. The first-order chi connectivity index (χ1) is 8.15. The molecule has 0 amide bonds. The van der Waals surface area contributed by atoms with E-state index in [9.17, 15) is 16.8 Å². The van der Waals surface area contributed by atoms with Crippen molar-refractivity contribution in [1.82, 2.24) is 0 Å². The fourth-order valence-corrected chi connectivity index (χ4v) is 4.16. The number of nitrogens with two attached hydrogens (primary N) is 1. The molecule has 0 saturated carbocycles. The van der Waals surface area contributed by atoms with E-state index < -0.39 is 31.4 Å².